The number of carbonyl (C=O) groups excluding carboxylic acids is 1. The van der Waals surface area contributed by atoms with Crippen LogP contribution in [-0.4, -0.2) is 15.3 Å². The summed E-state index contributed by atoms with van der Waals surface area (Å²) >= 11 is 0. The van der Waals surface area contributed by atoms with Gasteiger partial charge in [-0.15, -0.1) is 0 Å². The molecule has 0 bridgehead atoms. The molecule has 2 aromatic rings. The molecule has 0 atom stereocenters. The minimum absolute atomic E-state index is 0.0243. The molecule has 3 rings (SSSR count). The molecule has 3 nitrogen and oxygen atoms in total. The summed E-state index contributed by atoms with van der Waals surface area (Å²) in [5.41, 5.74) is 4.09. The van der Waals surface area contributed by atoms with Crippen molar-refractivity contribution in [2.24, 2.45) is 5.41 Å². The van der Waals surface area contributed by atoms with Gasteiger partial charge in [0.05, 0.1) is 0 Å². The molecule has 0 amide bonds. The summed E-state index contributed by atoms with van der Waals surface area (Å²) in [6.45, 7) is 8.35. The highest BCUT2D eigenvalue weighted by molar-refractivity contribution is 5.99. The molecule has 0 saturated heterocycles. The normalized spacial score (nSPS) is 17.1. The fourth-order valence-corrected chi connectivity index (χ4v) is 3.12. The molecule has 0 aliphatic heterocycles. The second kappa shape index (κ2) is 4.30. The molecule has 0 fully saturated rings. The van der Waals surface area contributed by atoms with Gasteiger partial charge in [-0.2, -0.15) is 0 Å². The van der Waals surface area contributed by atoms with E-state index in [0.29, 0.717) is 6.42 Å². The molecule has 0 N–H and O–H groups in total. The number of nitrogens with zero attached hydrogens (tertiary/aromatic N) is 2. The number of carbonyl (C=O) groups is 1. The van der Waals surface area contributed by atoms with Gasteiger partial charge < -0.3 is 4.57 Å². The van der Waals surface area contributed by atoms with E-state index >= 15 is 0 Å². The van der Waals surface area contributed by atoms with E-state index in [0.717, 1.165) is 34.9 Å². The summed E-state index contributed by atoms with van der Waals surface area (Å²) in [5.74, 6) is 1.17. The quantitative estimate of drug-likeness (QED) is 0.791. The standard InChI is InChI=1S/C17H20N2O/c1-11-6-5-7-16(18-11)19-12(2)8-13-14(19)9-17(3,4)10-15(13)20/h5-8H,9-10H2,1-4H3. The van der Waals surface area contributed by atoms with Crippen LogP contribution in [0.4, 0.5) is 0 Å². The summed E-state index contributed by atoms with van der Waals surface area (Å²) in [7, 11) is 0. The first-order valence-corrected chi connectivity index (χ1v) is 7.06. The van der Waals surface area contributed by atoms with Crippen molar-refractivity contribution < 1.29 is 4.79 Å². The van der Waals surface area contributed by atoms with Crippen LogP contribution in [0.2, 0.25) is 0 Å². The lowest BCUT2D eigenvalue weighted by molar-refractivity contribution is 0.0911. The topological polar surface area (TPSA) is 34.9 Å². The number of hydrogen-bond donors (Lipinski definition) is 0. The Kier molecular flexibility index (Phi) is 2.82. The van der Waals surface area contributed by atoms with E-state index < -0.39 is 0 Å². The molecule has 3 heteroatoms. The average Bonchev–Trinajstić information content (AvgIpc) is 2.64. The van der Waals surface area contributed by atoms with Gasteiger partial charge in [0, 0.05) is 29.1 Å². The SMILES string of the molecule is Cc1cccc(-n2c(C)cc3c2CC(C)(C)CC3=O)n1. The van der Waals surface area contributed by atoms with Crippen molar-refractivity contribution in [2.45, 2.75) is 40.5 Å². The highest BCUT2D eigenvalue weighted by atomic mass is 16.1. The Morgan fingerprint density at radius 3 is 2.65 bits per heavy atom. The lowest BCUT2D eigenvalue weighted by Crippen LogP contribution is -2.28. The van der Waals surface area contributed by atoms with Gasteiger partial charge in [-0.3, -0.25) is 4.79 Å². The average molecular weight is 268 g/mol. The molecule has 0 saturated carbocycles. The van der Waals surface area contributed by atoms with Crippen LogP contribution in [0.1, 0.15) is 47.7 Å². The molecule has 1 aliphatic rings. The molecular formula is C17H20N2O. The number of aromatic nitrogens is 2. The molecule has 104 valence electrons. The van der Waals surface area contributed by atoms with Crippen molar-refractivity contribution in [2.75, 3.05) is 0 Å². The van der Waals surface area contributed by atoms with Crippen LogP contribution in [0.25, 0.3) is 5.82 Å². The molecule has 0 radical (unpaired) electrons. The summed E-state index contributed by atoms with van der Waals surface area (Å²) in [6.07, 6.45) is 1.54. The summed E-state index contributed by atoms with van der Waals surface area (Å²) in [6, 6.07) is 8.02. The van der Waals surface area contributed by atoms with E-state index in [1.54, 1.807) is 0 Å². The van der Waals surface area contributed by atoms with E-state index in [9.17, 15) is 4.79 Å². The zero-order valence-corrected chi connectivity index (χ0v) is 12.5. The first kappa shape index (κ1) is 13.1. The van der Waals surface area contributed by atoms with Crippen LogP contribution in [0.3, 0.4) is 0 Å². The lowest BCUT2D eigenvalue weighted by Gasteiger charge is -2.29. The van der Waals surface area contributed by atoms with Gasteiger partial charge in [-0.1, -0.05) is 19.9 Å². The predicted molar refractivity (Wildman–Crippen MR) is 79.5 cm³/mol. The maximum Gasteiger partial charge on any atom is 0.165 e. The molecule has 0 aromatic carbocycles. The maximum absolute atomic E-state index is 12.3. The molecule has 0 spiro atoms. The van der Waals surface area contributed by atoms with Gasteiger partial charge in [-0.25, -0.2) is 4.98 Å². The van der Waals surface area contributed by atoms with Crippen molar-refractivity contribution in [3.63, 3.8) is 0 Å². The van der Waals surface area contributed by atoms with Gasteiger partial charge in [-0.05, 0) is 43.9 Å². The third-order valence-electron chi connectivity index (χ3n) is 3.97. The van der Waals surface area contributed by atoms with Crippen molar-refractivity contribution in [1.29, 1.82) is 0 Å². The first-order chi connectivity index (χ1) is 9.37. The summed E-state index contributed by atoms with van der Waals surface area (Å²) < 4.78 is 2.14. The van der Waals surface area contributed by atoms with E-state index in [1.165, 1.54) is 0 Å². The molecular weight excluding hydrogens is 248 g/mol. The minimum Gasteiger partial charge on any atom is -0.302 e. The van der Waals surface area contributed by atoms with Gasteiger partial charge in [0.2, 0.25) is 0 Å². The number of hydrogen-bond acceptors (Lipinski definition) is 2. The minimum atomic E-state index is 0.0243. The van der Waals surface area contributed by atoms with E-state index in [-0.39, 0.29) is 11.2 Å². The highest BCUT2D eigenvalue weighted by Crippen LogP contribution is 2.37. The lowest BCUT2D eigenvalue weighted by atomic mass is 9.76. The Morgan fingerprint density at radius 1 is 1.20 bits per heavy atom. The van der Waals surface area contributed by atoms with Crippen molar-refractivity contribution in [3.8, 4) is 5.82 Å². The van der Waals surface area contributed by atoms with Gasteiger partial charge in [0.25, 0.3) is 0 Å². The second-order valence-electron chi connectivity index (χ2n) is 6.56. The molecule has 0 unspecified atom stereocenters. The van der Waals surface area contributed by atoms with Crippen LogP contribution < -0.4 is 0 Å². The Bertz CT molecular complexity index is 695. The van der Waals surface area contributed by atoms with Gasteiger partial charge in [0.15, 0.2) is 5.78 Å². The zero-order valence-electron chi connectivity index (χ0n) is 12.5. The monoisotopic (exact) mass is 268 g/mol. The summed E-state index contributed by atoms with van der Waals surface area (Å²) in [5, 5.41) is 0. The maximum atomic E-state index is 12.3. The highest BCUT2D eigenvalue weighted by Gasteiger charge is 2.34. The first-order valence-electron chi connectivity index (χ1n) is 7.06. The van der Waals surface area contributed by atoms with Crippen molar-refractivity contribution in [1.82, 2.24) is 9.55 Å². The number of aryl methyl sites for hydroxylation is 2. The van der Waals surface area contributed by atoms with Crippen LogP contribution in [0.15, 0.2) is 24.3 Å². The van der Waals surface area contributed by atoms with E-state index in [2.05, 4.69) is 23.4 Å². The van der Waals surface area contributed by atoms with Gasteiger partial charge in [0.1, 0.15) is 5.82 Å². The third-order valence-corrected chi connectivity index (χ3v) is 3.97. The number of Topliss-reactive ketones (excluding diaryl/α,β-unsaturated/α-hetero) is 1. The van der Waals surface area contributed by atoms with Crippen LogP contribution in [0, 0.1) is 19.3 Å². The van der Waals surface area contributed by atoms with Crippen molar-refractivity contribution in [3.05, 3.63) is 46.9 Å². The Hall–Kier alpha value is -1.90. The van der Waals surface area contributed by atoms with E-state index in [4.69, 9.17) is 0 Å². The molecule has 2 heterocycles. The fraction of sp³-hybridized carbons (Fsp3) is 0.412. The Morgan fingerprint density at radius 2 is 1.95 bits per heavy atom. The second-order valence-corrected chi connectivity index (χ2v) is 6.56. The number of pyridine rings is 1. The van der Waals surface area contributed by atoms with Crippen LogP contribution in [0.5, 0.6) is 0 Å². The van der Waals surface area contributed by atoms with Crippen LogP contribution >= 0.6 is 0 Å². The summed E-state index contributed by atoms with van der Waals surface area (Å²) in [4.78, 5) is 16.9. The number of fused-ring (bicyclic) bond motifs is 1. The molecule has 20 heavy (non-hydrogen) atoms. The third kappa shape index (κ3) is 2.07. The van der Waals surface area contributed by atoms with E-state index in [1.807, 2.05) is 38.1 Å². The van der Waals surface area contributed by atoms with Crippen LogP contribution in [-0.2, 0) is 6.42 Å². The van der Waals surface area contributed by atoms with Crippen molar-refractivity contribution >= 4 is 5.78 Å². The fourth-order valence-electron chi connectivity index (χ4n) is 3.12. The molecule has 2 aromatic heterocycles. The number of rotatable bonds is 1. The Labute approximate surface area is 119 Å². The Balaban J connectivity index is 2.21. The largest absolute Gasteiger partial charge is 0.302 e. The molecule has 1 aliphatic carbocycles. The zero-order chi connectivity index (χ0) is 14.5. The van der Waals surface area contributed by atoms with Gasteiger partial charge >= 0.3 is 0 Å². The predicted octanol–water partition coefficient (Wildman–Crippen LogP) is 3.64. The smallest absolute Gasteiger partial charge is 0.165 e. The number of ketones is 1.